The van der Waals surface area contributed by atoms with Crippen LogP contribution in [0.5, 0.6) is 0 Å². The number of rotatable bonds is 4. The van der Waals surface area contributed by atoms with Crippen molar-refractivity contribution in [2.45, 2.75) is 54.5 Å². The molecule has 3 aromatic rings. The van der Waals surface area contributed by atoms with Crippen molar-refractivity contribution in [1.82, 2.24) is 9.47 Å². The number of para-hydroxylation sites is 2. The molecule has 2 aromatic carbocycles. The van der Waals surface area contributed by atoms with Gasteiger partial charge in [0.05, 0.1) is 15.7 Å². The lowest BCUT2D eigenvalue weighted by Crippen LogP contribution is -2.51. The molecule has 2 atom stereocenters. The number of nitrogens with zero attached hydrogens (tertiary/aromatic N) is 2. The van der Waals surface area contributed by atoms with Crippen LogP contribution in [-0.2, 0) is 21.2 Å². The molecule has 0 aliphatic carbocycles. The Morgan fingerprint density at radius 2 is 1.60 bits per heavy atom. The molecule has 2 unspecified atom stereocenters. The number of fused-ring (bicyclic) bond motifs is 3. The first-order valence-electron chi connectivity index (χ1n) is 10.1. The Bertz CT molecular complexity index is 1250. The molecule has 2 saturated heterocycles. The van der Waals surface area contributed by atoms with Crippen LogP contribution >= 0.6 is 0 Å². The average Bonchev–Trinajstić information content (AvgIpc) is 3.20. The zero-order valence-corrected chi connectivity index (χ0v) is 17.1. The molecule has 0 spiro atoms. The highest BCUT2D eigenvalue weighted by Gasteiger charge is 2.47. The van der Waals surface area contributed by atoms with Crippen molar-refractivity contribution < 1.29 is 17.6 Å². The third kappa shape index (κ3) is 3.06. The molecule has 0 N–H and O–H groups in total. The summed E-state index contributed by atoms with van der Waals surface area (Å²) in [7, 11) is -3.43. The highest BCUT2D eigenvalue weighted by Crippen LogP contribution is 2.40. The fourth-order valence-corrected chi connectivity index (χ4v) is 6.84. The summed E-state index contributed by atoms with van der Waals surface area (Å²) < 4.78 is 32.7. The van der Waals surface area contributed by atoms with Crippen molar-refractivity contribution >= 4 is 26.8 Å². The molecule has 5 rings (SSSR count). The highest BCUT2D eigenvalue weighted by atomic mass is 32.2. The highest BCUT2D eigenvalue weighted by molar-refractivity contribution is 7.92. The first-order chi connectivity index (χ1) is 14.4. The van der Waals surface area contributed by atoms with Crippen LogP contribution in [0.4, 0.5) is 0 Å². The summed E-state index contributed by atoms with van der Waals surface area (Å²) in [6.45, 7) is -0.0983. The Labute approximate surface area is 173 Å². The molecule has 8 heteroatoms. The number of carbonyl (C=O) groups excluding carboxylic acids is 1. The SMILES string of the molecule is O=C(Cn1c(=O)oc2ccccc21)N1C2CCC1CC(S(=O)(=O)c1ccccc1)C2. The molecule has 1 amide bonds. The number of oxazole rings is 1. The minimum absolute atomic E-state index is 0.0983. The van der Waals surface area contributed by atoms with Crippen LogP contribution in [0.25, 0.3) is 11.1 Å². The topological polar surface area (TPSA) is 89.6 Å². The van der Waals surface area contributed by atoms with Crippen molar-refractivity contribution in [2.24, 2.45) is 0 Å². The molecule has 2 aliphatic rings. The van der Waals surface area contributed by atoms with Crippen molar-refractivity contribution in [3.63, 3.8) is 0 Å². The van der Waals surface area contributed by atoms with Crippen molar-refractivity contribution in [1.29, 1.82) is 0 Å². The van der Waals surface area contributed by atoms with Gasteiger partial charge in [-0.1, -0.05) is 30.3 Å². The smallest absolute Gasteiger partial charge is 0.408 e. The van der Waals surface area contributed by atoms with Crippen LogP contribution in [0.1, 0.15) is 25.7 Å². The van der Waals surface area contributed by atoms with Gasteiger partial charge in [-0.15, -0.1) is 0 Å². The normalized spacial score (nSPS) is 23.7. The predicted molar refractivity (Wildman–Crippen MR) is 111 cm³/mol. The van der Waals surface area contributed by atoms with Gasteiger partial charge in [0.25, 0.3) is 0 Å². The Balaban J connectivity index is 1.37. The first-order valence-corrected chi connectivity index (χ1v) is 11.7. The van der Waals surface area contributed by atoms with E-state index in [-0.39, 0.29) is 24.5 Å². The largest absolute Gasteiger partial charge is 0.420 e. The van der Waals surface area contributed by atoms with E-state index in [1.807, 2.05) is 4.90 Å². The van der Waals surface area contributed by atoms with Crippen LogP contribution in [0.15, 0.2) is 68.7 Å². The van der Waals surface area contributed by atoms with Crippen LogP contribution in [0.2, 0.25) is 0 Å². The van der Waals surface area contributed by atoms with E-state index in [4.69, 9.17) is 4.42 Å². The van der Waals surface area contributed by atoms with E-state index < -0.39 is 20.8 Å². The number of piperidine rings is 1. The lowest BCUT2D eigenvalue weighted by molar-refractivity contribution is -0.136. The second kappa shape index (κ2) is 7.12. The Hall–Kier alpha value is -2.87. The maximum absolute atomic E-state index is 13.1. The molecule has 0 radical (unpaired) electrons. The van der Waals surface area contributed by atoms with E-state index in [2.05, 4.69) is 0 Å². The maximum Gasteiger partial charge on any atom is 0.420 e. The van der Waals surface area contributed by atoms with Crippen LogP contribution in [0, 0.1) is 0 Å². The molecule has 0 saturated carbocycles. The van der Waals surface area contributed by atoms with Crippen molar-refractivity contribution in [2.75, 3.05) is 0 Å². The van der Waals surface area contributed by atoms with Crippen LogP contribution < -0.4 is 5.76 Å². The number of hydrogen-bond donors (Lipinski definition) is 0. The first kappa shape index (κ1) is 19.1. The number of carbonyl (C=O) groups is 1. The van der Waals surface area contributed by atoms with Gasteiger partial charge in [0.1, 0.15) is 6.54 Å². The third-order valence-electron chi connectivity index (χ3n) is 6.36. The molecular formula is C22H22N2O5S. The molecule has 2 aliphatic heterocycles. The second-order valence-electron chi connectivity index (χ2n) is 8.06. The van der Waals surface area contributed by atoms with E-state index in [9.17, 15) is 18.0 Å². The number of hydrogen-bond acceptors (Lipinski definition) is 5. The van der Waals surface area contributed by atoms with Crippen LogP contribution in [0.3, 0.4) is 0 Å². The minimum Gasteiger partial charge on any atom is -0.408 e. The number of amides is 1. The minimum atomic E-state index is -3.43. The molecule has 2 fully saturated rings. The third-order valence-corrected chi connectivity index (χ3v) is 8.55. The van der Waals surface area contributed by atoms with E-state index in [0.717, 1.165) is 12.8 Å². The summed E-state index contributed by atoms with van der Waals surface area (Å²) in [4.78, 5) is 27.5. The van der Waals surface area contributed by atoms with Gasteiger partial charge >= 0.3 is 5.76 Å². The van der Waals surface area contributed by atoms with Gasteiger partial charge < -0.3 is 9.32 Å². The molecular weight excluding hydrogens is 404 g/mol. The lowest BCUT2D eigenvalue weighted by atomic mass is 10.0. The summed E-state index contributed by atoms with van der Waals surface area (Å²) in [6, 6.07) is 15.3. The van der Waals surface area contributed by atoms with Crippen molar-refractivity contribution in [3.05, 3.63) is 65.1 Å². The van der Waals surface area contributed by atoms with Crippen molar-refractivity contribution in [3.8, 4) is 0 Å². The number of sulfone groups is 1. The standard InChI is InChI=1S/C22H22N2O5S/c25-21(14-23-19-8-4-5-9-20(19)29-22(23)26)24-15-10-11-16(24)13-18(12-15)30(27,28)17-6-2-1-3-7-17/h1-9,15-16,18H,10-14H2. The molecule has 2 bridgehead atoms. The fourth-order valence-electron chi connectivity index (χ4n) is 4.97. The van der Waals surface area contributed by atoms with Gasteiger partial charge in [-0.25, -0.2) is 13.2 Å². The Morgan fingerprint density at radius 3 is 2.30 bits per heavy atom. The Morgan fingerprint density at radius 1 is 0.967 bits per heavy atom. The molecule has 1 aromatic heterocycles. The quantitative estimate of drug-likeness (QED) is 0.640. The van der Waals surface area contributed by atoms with Gasteiger partial charge in [0.2, 0.25) is 5.91 Å². The molecule has 3 heterocycles. The summed E-state index contributed by atoms with van der Waals surface area (Å²) in [5, 5.41) is -0.487. The maximum atomic E-state index is 13.1. The summed E-state index contributed by atoms with van der Waals surface area (Å²) in [5.74, 6) is -0.717. The van der Waals surface area contributed by atoms with Gasteiger partial charge in [-0.2, -0.15) is 0 Å². The Kier molecular flexibility index (Phi) is 4.54. The van der Waals surface area contributed by atoms with Gasteiger partial charge in [-0.05, 0) is 49.9 Å². The average molecular weight is 426 g/mol. The summed E-state index contributed by atoms with van der Waals surface area (Å²) in [5.41, 5.74) is 1.04. The summed E-state index contributed by atoms with van der Waals surface area (Å²) in [6.07, 6.45) is 2.44. The zero-order valence-electron chi connectivity index (χ0n) is 16.3. The van der Waals surface area contributed by atoms with Gasteiger partial charge in [0.15, 0.2) is 15.4 Å². The van der Waals surface area contributed by atoms with Gasteiger partial charge in [-0.3, -0.25) is 9.36 Å². The molecule has 7 nitrogen and oxygen atoms in total. The zero-order chi connectivity index (χ0) is 20.9. The number of aromatic nitrogens is 1. The lowest BCUT2D eigenvalue weighted by Gasteiger charge is -2.38. The second-order valence-corrected chi connectivity index (χ2v) is 10.3. The van der Waals surface area contributed by atoms with E-state index in [1.54, 1.807) is 54.6 Å². The van der Waals surface area contributed by atoms with Crippen LogP contribution in [-0.4, -0.2) is 41.1 Å². The molecule has 156 valence electrons. The van der Waals surface area contributed by atoms with Gasteiger partial charge in [0, 0.05) is 12.1 Å². The van der Waals surface area contributed by atoms with E-state index in [0.29, 0.717) is 28.8 Å². The summed E-state index contributed by atoms with van der Waals surface area (Å²) >= 11 is 0. The van der Waals surface area contributed by atoms with E-state index >= 15 is 0 Å². The molecule has 30 heavy (non-hydrogen) atoms. The number of benzene rings is 2. The predicted octanol–water partition coefficient (Wildman–Crippen LogP) is 2.59. The van der Waals surface area contributed by atoms with E-state index in [1.165, 1.54) is 4.57 Å². The monoisotopic (exact) mass is 426 g/mol. The fraction of sp³-hybridized carbons (Fsp3) is 0.364.